The van der Waals surface area contributed by atoms with Crippen molar-refractivity contribution in [3.63, 3.8) is 0 Å². The van der Waals surface area contributed by atoms with Crippen LogP contribution in [0, 0.1) is 13.8 Å². The molecule has 128 valence electrons. The summed E-state index contributed by atoms with van der Waals surface area (Å²) in [5.74, 6) is -0.112. The summed E-state index contributed by atoms with van der Waals surface area (Å²) < 4.78 is 4.97. The SMILES string of the molecule is Cc1cc(C)c(C=C2C(=O)Nc3ccc(CN4CCOC4=O)cc32)[nH]1. The highest BCUT2D eigenvalue weighted by Crippen LogP contribution is 2.34. The van der Waals surface area contributed by atoms with E-state index in [1.165, 1.54) is 0 Å². The number of cyclic esters (lactones) is 1. The number of aryl methyl sites for hydroxylation is 2. The van der Waals surface area contributed by atoms with Crippen LogP contribution in [-0.2, 0) is 16.1 Å². The molecular weight excluding hydrogens is 318 g/mol. The van der Waals surface area contributed by atoms with E-state index >= 15 is 0 Å². The quantitative estimate of drug-likeness (QED) is 0.845. The molecule has 6 heteroatoms. The summed E-state index contributed by atoms with van der Waals surface area (Å²) in [6.07, 6.45) is 1.60. The van der Waals surface area contributed by atoms with Crippen molar-refractivity contribution in [2.24, 2.45) is 0 Å². The zero-order chi connectivity index (χ0) is 17.6. The molecule has 4 rings (SSSR count). The molecule has 2 aromatic rings. The van der Waals surface area contributed by atoms with Crippen LogP contribution in [0.3, 0.4) is 0 Å². The molecule has 2 aliphatic rings. The number of nitrogens with one attached hydrogen (secondary N) is 2. The fourth-order valence-corrected chi connectivity index (χ4v) is 3.31. The van der Waals surface area contributed by atoms with Crippen molar-refractivity contribution in [1.82, 2.24) is 9.88 Å². The number of fused-ring (bicyclic) bond motifs is 1. The Hall–Kier alpha value is -3.02. The van der Waals surface area contributed by atoms with Crippen molar-refractivity contribution in [1.29, 1.82) is 0 Å². The van der Waals surface area contributed by atoms with Gasteiger partial charge in [0, 0.05) is 29.2 Å². The molecule has 1 aromatic carbocycles. The molecule has 0 atom stereocenters. The van der Waals surface area contributed by atoms with Crippen LogP contribution in [0.15, 0.2) is 24.3 Å². The molecule has 1 aromatic heterocycles. The van der Waals surface area contributed by atoms with Gasteiger partial charge in [0.25, 0.3) is 5.91 Å². The van der Waals surface area contributed by atoms with E-state index in [0.717, 1.165) is 33.8 Å². The topological polar surface area (TPSA) is 74.4 Å². The molecule has 1 fully saturated rings. The minimum Gasteiger partial charge on any atom is -0.448 e. The van der Waals surface area contributed by atoms with E-state index in [1.807, 2.05) is 38.1 Å². The Morgan fingerprint density at radius 1 is 1.24 bits per heavy atom. The number of nitrogens with zero attached hydrogens (tertiary/aromatic N) is 1. The number of aromatic amines is 1. The number of carbonyl (C=O) groups excluding carboxylic acids is 2. The molecular formula is C19H19N3O3. The molecule has 3 heterocycles. The van der Waals surface area contributed by atoms with Gasteiger partial charge in [-0.15, -0.1) is 0 Å². The number of amides is 2. The number of anilines is 1. The van der Waals surface area contributed by atoms with E-state index in [2.05, 4.69) is 16.4 Å². The smallest absolute Gasteiger partial charge is 0.410 e. The summed E-state index contributed by atoms with van der Waals surface area (Å²) in [5, 5.41) is 2.90. The lowest BCUT2D eigenvalue weighted by Gasteiger charge is -2.13. The maximum absolute atomic E-state index is 12.4. The first-order chi connectivity index (χ1) is 12.0. The lowest BCUT2D eigenvalue weighted by molar-refractivity contribution is -0.110. The molecule has 2 amide bonds. The van der Waals surface area contributed by atoms with Gasteiger partial charge in [0.1, 0.15) is 6.61 Å². The average Bonchev–Trinajstić information content (AvgIpc) is 3.20. The molecule has 0 aliphatic carbocycles. The number of hydrogen-bond acceptors (Lipinski definition) is 3. The first kappa shape index (κ1) is 15.5. The van der Waals surface area contributed by atoms with Crippen LogP contribution in [-0.4, -0.2) is 35.0 Å². The van der Waals surface area contributed by atoms with E-state index in [4.69, 9.17) is 4.74 Å². The van der Waals surface area contributed by atoms with E-state index in [0.29, 0.717) is 25.3 Å². The highest BCUT2D eigenvalue weighted by molar-refractivity contribution is 6.34. The summed E-state index contributed by atoms with van der Waals surface area (Å²) in [7, 11) is 0. The van der Waals surface area contributed by atoms with E-state index in [9.17, 15) is 9.59 Å². The van der Waals surface area contributed by atoms with Gasteiger partial charge in [-0.2, -0.15) is 0 Å². The number of carbonyl (C=O) groups is 2. The van der Waals surface area contributed by atoms with E-state index in [-0.39, 0.29) is 12.0 Å². The second-order valence-corrected chi connectivity index (χ2v) is 6.48. The molecule has 25 heavy (non-hydrogen) atoms. The van der Waals surface area contributed by atoms with Crippen molar-refractivity contribution >= 4 is 29.3 Å². The third kappa shape index (κ3) is 2.80. The molecule has 0 radical (unpaired) electrons. The first-order valence-electron chi connectivity index (χ1n) is 8.25. The van der Waals surface area contributed by atoms with Gasteiger partial charge in [-0.1, -0.05) is 6.07 Å². The summed E-state index contributed by atoms with van der Waals surface area (Å²) in [6, 6.07) is 7.83. The van der Waals surface area contributed by atoms with Crippen molar-refractivity contribution in [2.75, 3.05) is 18.5 Å². The Morgan fingerprint density at radius 3 is 2.76 bits per heavy atom. The molecule has 0 spiro atoms. The van der Waals surface area contributed by atoms with Crippen LogP contribution in [0.2, 0.25) is 0 Å². The predicted molar refractivity (Wildman–Crippen MR) is 95.0 cm³/mol. The van der Waals surface area contributed by atoms with Gasteiger partial charge in [0.05, 0.1) is 12.1 Å². The minimum atomic E-state index is -0.289. The first-order valence-corrected chi connectivity index (χ1v) is 8.25. The normalized spacial score (nSPS) is 17.8. The second-order valence-electron chi connectivity index (χ2n) is 6.48. The summed E-state index contributed by atoms with van der Waals surface area (Å²) in [4.78, 5) is 29.0. The van der Waals surface area contributed by atoms with Crippen LogP contribution in [0.5, 0.6) is 0 Å². The third-order valence-corrected chi connectivity index (χ3v) is 4.56. The predicted octanol–water partition coefficient (Wildman–Crippen LogP) is 3.08. The van der Waals surface area contributed by atoms with Crippen molar-refractivity contribution in [3.05, 3.63) is 52.3 Å². The van der Waals surface area contributed by atoms with Crippen LogP contribution in [0.4, 0.5) is 10.5 Å². The van der Waals surface area contributed by atoms with Gasteiger partial charge < -0.3 is 19.9 Å². The lowest BCUT2D eigenvalue weighted by Crippen LogP contribution is -2.23. The van der Waals surface area contributed by atoms with Crippen molar-refractivity contribution < 1.29 is 14.3 Å². The standard InChI is InChI=1S/C19H19N3O3/c1-11-7-12(2)20-17(11)9-15-14-8-13(3-4-16(14)21-18(15)23)10-22-5-6-25-19(22)24/h3-4,7-9,20H,5-6,10H2,1-2H3,(H,21,23). The second kappa shape index (κ2) is 5.81. The van der Waals surface area contributed by atoms with Gasteiger partial charge in [-0.05, 0) is 49.2 Å². The largest absolute Gasteiger partial charge is 0.448 e. The lowest BCUT2D eigenvalue weighted by atomic mass is 10.0. The zero-order valence-corrected chi connectivity index (χ0v) is 14.2. The monoisotopic (exact) mass is 337 g/mol. The number of rotatable bonds is 3. The number of hydrogen-bond donors (Lipinski definition) is 2. The zero-order valence-electron chi connectivity index (χ0n) is 14.2. The molecule has 6 nitrogen and oxygen atoms in total. The van der Waals surface area contributed by atoms with E-state index in [1.54, 1.807) is 4.90 Å². The van der Waals surface area contributed by atoms with Crippen LogP contribution < -0.4 is 5.32 Å². The van der Waals surface area contributed by atoms with Crippen molar-refractivity contribution in [2.45, 2.75) is 20.4 Å². The molecule has 0 saturated carbocycles. The summed E-state index contributed by atoms with van der Waals surface area (Å²) >= 11 is 0. The summed E-state index contributed by atoms with van der Waals surface area (Å²) in [5.41, 5.74) is 6.35. The molecule has 2 aliphatic heterocycles. The number of ether oxygens (including phenoxy) is 1. The minimum absolute atomic E-state index is 0.112. The number of H-pyrrole nitrogens is 1. The van der Waals surface area contributed by atoms with Gasteiger partial charge >= 0.3 is 6.09 Å². The van der Waals surface area contributed by atoms with Crippen LogP contribution in [0.1, 0.15) is 28.1 Å². The highest BCUT2D eigenvalue weighted by atomic mass is 16.6. The number of benzene rings is 1. The Morgan fingerprint density at radius 2 is 2.08 bits per heavy atom. The van der Waals surface area contributed by atoms with Gasteiger partial charge in [-0.3, -0.25) is 4.79 Å². The third-order valence-electron chi connectivity index (χ3n) is 4.56. The highest BCUT2D eigenvalue weighted by Gasteiger charge is 2.26. The number of aromatic nitrogens is 1. The van der Waals surface area contributed by atoms with Gasteiger partial charge in [0.2, 0.25) is 0 Å². The Labute approximate surface area is 145 Å². The van der Waals surface area contributed by atoms with Crippen LogP contribution in [0.25, 0.3) is 11.6 Å². The van der Waals surface area contributed by atoms with E-state index < -0.39 is 0 Å². The van der Waals surface area contributed by atoms with Crippen molar-refractivity contribution in [3.8, 4) is 0 Å². The Bertz CT molecular complexity index is 911. The van der Waals surface area contributed by atoms with Gasteiger partial charge in [-0.25, -0.2) is 4.79 Å². The fourth-order valence-electron chi connectivity index (χ4n) is 3.31. The Balaban J connectivity index is 1.68. The molecule has 1 saturated heterocycles. The average molecular weight is 337 g/mol. The molecule has 2 N–H and O–H groups in total. The maximum Gasteiger partial charge on any atom is 0.410 e. The van der Waals surface area contributed by atoms with Crippen LogP contribution >= 0.6 is 0 Å². The maximum atomic E-state index is 12.4. The molecule has 0 unspecified atom stereocenters. The Kier molecular flexibility index (Phi) is 3.60. The fraction of sp³-hybridized carbons (Fsp3) is 0.263. The summed E-state index contributed by atoms with van der Waals surface area (Å²) in [6.45, 7) is 5.51. The van der Waals surface area contributed by atoms with Gasteiger partial charge in [0.15, 0.2) is 0 Å². The molecule has 0 bridgehead atoms.